The van der Waals surface area contributed by atoms with Crippen molar-refractivity contribution in [3.05, 3.63) is 72.4 Å². The van der Waals surface area contributed by atoms with Crippen LogP contribution in [0.2, 0.25) is 0 Å². The van der Waals surface area contributed by atoms with E-state index in [-0.39, 0.29) is 35.2 Å². The fourth-order valence-electron chi connectivity index (χ4n) is 9.24. The van der Waals surface area contributed by atoms with Gasteiger partial charge in [-0.05, 0) is 110 Å². The molecule has 10 nitrogen and oxygen atoms in total. The fraction of sp³-hybridized carbons (Fsp3) is 0.450. The van der Waals surface area contributed by atoms with E-state index in [0.29, 0.717) is 17.7 Å². The van der Waals surface area contributed by atoms with E-state index in [4.69, 9.17) is 14.7 Å². The number of piperidine rings is 2. The van der Waals surface area contributed by atoms with Gasteiger partial charge in [-0.25, -0.2) is 19.6 Å². The summed E-state index contributed by atoms with van der Waals surface area (Å²) in [5.74, 6) is 2.42. The van der Waals surface area contributed by atoms with Crippen molar-refractivity contribution >= 4 is 34.0 Å². The number of rotatable bonds is 4. The van der Waals surface area contributed by atoms with E-state index in [9.17, 15) is 14.7 Å². The number of imidazole rings is 2. The molecule has 3 N–H and O–H groups in total. The lowest BCUT2D eigenvalue weighted by atomic mass is 9.82. The lowest BCUT2D eigenvalue weighted by Crippen LogP contribution is -2.48. The Hall–Kier alpha value is -4.86. The second-order valence-corrected chi connectivity index (χ2v) is 17.0. The van der Waals surface area contributed by atoms with Gasteiger partial charge in [0.2, 0.25) is 0 Å². The van der Waals surface area contributed by atoms with Crippen molar-refractivity contribution in [3.8, 4) is 22.4 Å². The average molecular weight is 673 g/mol. The minimum atomic E-state index is -0.869. The standard InChI is InChI=1S/C40H44N6O4/c1-38(2,3)40-19-27(40)18-33(46(40)36(47)48)34-41-20-30(44-34)25-10-9-21-13-22(7-8-23(21)14-25)24-11-12-28-29(15-24)43-35(42-28)32-17-26-16-31(26)45(32)37(49)50-39(4,5)6/h7-15,20,26-27,31-33H,16-19H2,1-6H3,(H,41,44)(H,42,43)(H,47,48)/t26-,27-,31-,32+,33+,40-/m1/s1. The average Bonchev–Trinajstić information content (AvgIpc) is 3.64. The molecule has 0 spiro atoms. The lowest BCUT2D eigenvalue weighted by Gasteiger charge is -2.39. The zero-order valence-electron chi connectivity index (χ0n) is 29.4. The van der Waals surface area contributed by atoms with Crippen molar-refractivity contribution in [2.24, 2.45) is 17.3 Å². The summed E-state index contributed by atoms with van der Waals surface area (Å²) in [4.78, 5) is 45.9. The van der Waals surface area contributed by atoms with Crippen LogP contribution in [0.25, 0.3) is 44.2 Å². The predicted molar refractivity (Wildman–Crippen MR) is 191 cm³/mol. The van der Waals surface area contributed by atoms with Crippen molar-refractivity contribution in [3.63, 3.8) is 0 Å². The third-order valence-corrected chi connectivity index (χ3v) is 11.7. The second-order valence-electron chi connectivity index (χ2n) is 17.0. The van der Waals surface area contributed by atoms with Crippen LogP contribution in [0.3, 0.4) is 0 Å². The van der Waals surface area contributed by atoms with Gasteiger partial charge < -0.3 is 19.8 Å². The number of amides is 2. The van der Waals surface area contributed by atoms with Gasteiger partial charge in [0, 0.05) is 17.8 Å². The molecule has 2 amide bonds. The number of hydrogen-bond donors (Lipinski definition) is 3. The number of aromatic nitrogens is 4. The molecule has 2 aromatic heterocycles. The highest BCUT2D eigenvalue weighted by atomic mass is 16.6. The minimum absolute atomic E-state index is 0.107. The maximum atomic E-state index is 13.1. The molecule has 5 aromatic rings. The first-order valence-electron chi connectivity index (χ1n) is 17.8. The second kappa shape index (κ2) is 10.3. The Kier molecular flexibility index (Phi) is 6.44. The molecule has 258 valence electrons. The maximum absolute atomic E-state index is 13.1. The number of likely N-dealkylation sites (tertiary alicyclic amines) is 2. The molecule has 2 aliphatic heterocycles. The number of carbonyl (C=O) groups excluding carboxylic acids is 1. The number of H-pyrrole nitrogens is 2. The molecule has 3 aromatic carbocycles. The highest BCUT2D eigenvalue weighted by Gasteiger charge is 2.72. The molecule has 4 aliphatic rings. The summed E-state index contributed by atoms with van der Waals surface area (Å²) in [6.07, 6.45) is 4.43. The van der Waals surface area contributed by atoms with E-state index in [2.05, 4.69) is 85.3 Å². The van der Waals surface area contributed by atoms with Crippen LogP contribution in [0.4, 0.5) is 9.59 Å². The van der Waals surface area contributed by atoms with E-state index in [1.165, 1.54) is 0 Å². The number of fused-ring (bicyclic) bond motifs is 4. The molecule has 0 radical (unpaired) electrons. The monoisotopic (exact) mass is 672 g/mol. The molecule has 4 fully saturated rings. The van der Waals surface area contributed by atoms with Crippen LogP contribution in [-0.4, -0.2) is 64.2 Å². The summed E-state index contributed by atoms with van der Waals surface area (Å²) in [6.45, 7) is 12.1. The first kappa shape index (κ1) is 31.1. The van der Waals surface area contributed by atoms with Gasteiger partial charge in [-0.1, -0.05) is 51.1 Å². The Morgan fingerprint density at radius 2 is 1.56 bits per heavy atom. The summed E-state index contributed by atoms with van der Waals surface area (Å²) in [7, 11) is 0. The van der Waals surface area contributed by atoms with Gasteiger partial charge >= 0.3 is 12.2 Å². The van der Waals surface area contributed by atoms with Gasteiger partial charge in [0.15, 0.2) is 0 Å². The van der Waals surface area contributed by atoms with E-state index in [1.54, 1.807) is 4.90 Å². The molecule has 10 heteroatoms. The van der Waals surface area contributed by atoms with Crippen molar-refractivity contribution in [2.75, 3.05) is 0 Å². The maximum Gasteiger partial charge on any atom is 0.411 e. The molecule has 0 bridgehead atoms. The zero-order chi connectivity index (χ0) is 34.9. The van der Waals surface area contributed by atoms with Crippen LogP contribution in [0, 0.1) is 17.3 Å². The van der Waals surface area contributed by atoms with Gasteiger partial charge in [0.1, 0.15) is 17.2 Å². The van der Waals surface area contributed by atoms with Crippen LogP contribution >= 0.6 is 0 Å². The number of benzene rings is 3. The molecule has 6 atom stereocenters. The minimum Gasteiger partial charge on any atom is -0.465 e. The first-order valence-corrected chi connectivity index (χ1v) is 17.8. The number of nitrogens with one attached hydrogen (secondary N) is 2. The molecule has 2 aliphatic carbocycles. The number of hydrogen-bond acceptors (Lipinski definition) is 5. The number of carboxylic acid groups (broad SMARTS) is 1. The molecule has 9 rings (SSSR count). The zero-order valence-corrected chi connectivity index (χ0v) is 29.4. The normalized spacial score (nSPS) is 27.1. The molecule has 0 unspecified atom stereocenters. The van der Waals surface area contributed by atoms with Crippen molar-refractivity contribution in [1.82, 2.24) is 29.7 Å². The van der Waals surface area contributed by atoms with Crippen LogP contribution in [-0.2, 0) is 4.74 Å². The smallest absolute Gasteiger partial charge is 0.411 e. The summed E-state index contributed by atoms with van der Waals surface area (Å²) in [5, 5.41) is 12.5. The van der Waals surface area contributed by atoms with Gasteiger partial charge in [-0.15, -0.1) is 0 Å². The number of carbonyl (C=O) groups is 2. The van der Waals surface area contributed by atoms with Crippen molar-refractivity contribution < 1.29 is 19.4 Å². The topological polar surface area (TPSA) is 127 Å². The molecule has 2 saturated carbocycles. The third kappa shape index (κ3) is 4.81. The highest BCUT2D eigenvalue weighted by Crippen LogP contribution is 2.68. The van der Waals surface area contributed by atoms with Crippen LogP contribution < -0.4 is 0 Å². The largest absolute Gasteiger partial charge is 0.465 e. The Morgan fingerprint density at radius 1 is 0.860 bits per heavy atom. The SMILES string of the molecule is CC(C)(C)OC(=O)N1[C@@H]2C[C@@H]2C[C@H]1c1nc2cc(-c3ccc4cc(-c5c[nH]c([C@@H]6C[C@@H]7C[C@@]7(C(C)(C)C)N6C(=O)O)n5)ccc4c3)ccc2[nH]1. The molecular formula is C40H44N6O4. The van der Waals surface area contributed by atoms with E-state index >= 15 is 0 Å². The Bertz CT molecular complexity index is 2210. The Balaban J connectivity index is 0.953. The van der Waals surface area contributed by atoms with E-state index in [0.717, 1.165) is 75.7 Å². The summed E-state index contributed by atoms with van der Waals surface area (Å²) < 4.78 is 5.76. The van der Waals surface area contributed by atoms with Crippen molar-refractivity contribution in [1.29, 1.82) is 0 Å². The molecule has 50 heavy (non-hydrogen) atoms. The van der Waals surface area contributed by atoms with Crippen LogP contribution in [0.5, 0.6) is 0 Å². The lowest BCUT2D eigenvalue weighted by molar-refractivity contribution is 0.0175. The Morgan fingerprint density at radius 3 is 2.28 bits per heavy atom. The van der Waals surface area contributed by atoms with E-state index in [1.807, 2.05) is 31.9 Å². The number of nitrogens with zero attached hydrogens (tertiary/aromatic N) is 4. The molecule has 4 heterocycles. The van der Waals surface area contributed by atoms with Gasteiger partial charge in [-0.2, -0.15) is 0 Å². The van der Waals surface area contributed by atoms with Crippen molar-refractivity contribution in [2.45, 2.75) is 96.5 Å². The summed E-state index contributed by atoms with van der Waals surface area (Å²) in [5.41, 5.74) is 4.79. The van der Waals surface area contributed by atoms with Gasteiger partial charge in [-0.3, -0.25) is 9.80 Å². The quantitative estimate of drug-likeness (QED) is 0.175. The van der Waals surface area contributed by atoms with Gasteiger partial charge in [0.25, 0.3) is 0 Å². The van der Waals surface area contributed by atoms with Crippen LogP contribution in [0.15, 0.2) is 60.8 Å². The molecular weight excluding hydrogens is 628 g/mol. The Labute approximate surface area is 291 Å². The highest BCUT2D eigenvalue weighted by molar-refractivity contribution is 5.92. The summed E-state index contributed by atoms with van der Waals surface area (Å²) in [6, 6.07) is 19.0. The van der Waals surface area contributed by atoms with Gasteiger partial charge in [0.05, 0.1) is 34.3 Å². The number of ether oxygens (including phenoxy) is 1. The predicted octanol–water partition coefficient (Wildman–Crippen LogP) is 9.07. The number of aromatic amines is 2. The van der Waals surface area contributed by atoms with E-state index < -0.39 is 11.7 Å². The third-order valence-electron chi connectivity index (χ3n) is 11.7. The molecule has 2 saturated heterocycles. The first-order chi connectivity index (χ1) is 23.7. The fourth-order valence-corrected chi connectivity index (χ4v) is 9.24. The van der Waals surface area contributed by atoms with Crippen LogP contribution in [0.1, 0.15) is 91.0 Å². The summed E-state index contributed by atoms with van der Waals surface area (Å²) >= 11 is 0.